The smallest absolute Gasteiger partial charge is 0.336 e. The number of hydrogen-bond donors (Lipinski definition) is 1. The first-order valence-corrected chi connectivity index (χ1v) is 11.5. The van der Waals surface area contributed by atoms with Crippen LogP contribution in [0.15, 0.2) is 107 Å². The van der Waals surface area contributed by atoms with Crippen LogP contribution in [0.5, 0.6) is 5.75 Å². The predicted molar refractivity (Wildman–Crippen MR) is 141 cm³/mol. The number of carboxylic acid groups (broad SMARTS) is 1. The van der Waals surface area contributed by atoms with Gasteiger partial charge in [0.2, 0.25) is 0 Å². The summed E-state index contributed by atoms with van der Waals surface area (Å²) in [5.41, 5.74) is 5.48. The highest BCUT2D eigenvalue weighted by molar-refractivity contribution is 5.99. The Bertz CT molecular complexity index is 1850. The highest BCUT2D eigenvalue weighted by Gasteiger charge is 2.16. The van der Waals surface area contributed by atoms with Gasteiger partial charge in [-0.1, -0.05) is 24.3 Å². The average molecular weight is 488 g/mol. The molecule has 0 bridgehead atoms. The molecule has 0 spiro atoms. The summed E-state index contributed by atoms with van der Waals surface area (Å²) in [5, 5.41) is 11.0. The molecule has 0 aliphatic rings. The maximum absolute atomic E-state index is 11.8. The minimum Gasteiger partial charge on any atom is -0.497 e. The van der Waals surface area contributed by atoms with Gasteiger partial charge in [-0.05, 0) is 65.7 Å². The Morgan fingerprint density at radius 1 is 0.892 bits per heavy atom. The number of aromatic carboxylic acids is 1. The molecule has 6 rings (SSSR count). The molecule has 0 radical (unpaired) electrons. The number of carboxylic acids is 1. The summed E-state index contributed by atoms with van der Waals surface area (Å²) >= 11 is 0. The number of aromatic nitrogens is 2. The van der Waals surface area contributed by atoms with Gasteiger partial charge in [-0.15, -0.1) is 0 Å². The van der Waals surface area contributed by atoms with E-state index in [1.54, 1.807) is 43.6 Å². The second-order valence-corrected chi connectivity index (χ2v) is 8.60. The second kappa shape index (κ2) is 8.80. The van der Waals surface area contributed by atoms with Gasteiger partial charge >= 0.3 is 11.6 Å². The van der Waals surface area contributed by atoms with Crippen molar-refractivity contribution in [1.29, 1.82) is 0 Å². The van der Waals surface area contributed by atoms with Crippen molar-refractivity contribution in [3.63, 3.8) is 0 Å². The molecular formula is C30H20N2O5. The molecule has 3 aromatic heterocycles. The molecular weight excluding hydrogens is 468 g/mol. The van der Waals surface area contributed by atoms with E-state index < -0.39 is 11.6 Å². The number of nitrogens with zero attached hydrogens (tertiary/aromatic N) is 2. The second-order valence-electron chi connectivity index (χ2n) is 8.60. The molecule has 6 aromatic rings. The molecule has 0 atom stereocenters. The van der Waals surface area contributed by atoms with E-state index in [4.69, 9.17) is 14.1 Å². The minimum atomic E-state index is -0.970. The molecule has 180 valence electrons. The molecule has 7 nitrogen and oxygen atoms in total. The molecule has 0 amide bonds. The van der Waals surface area contributed by atoms with Crippen molar-refractivity contribution in [2.24, 2.45) is 0 Å². The van der Waals surface area contributed by atoms with Crippen molar-refractivity contribution in [2.45, 2.75) is 0 Å². The summed E-state index contributed by atoms with van der Waals surface area (Å²) in [5.74, 6) is -0.216. The summed E-state index contributed by atoms with van der Waals surface area (Å²) in [6, 6.07) is 25.4. The third kappa shape index (κ3) is 4.02. The Balaban J connectivity index is 1.56. The molecule has 3 heterocycles. The Morgan fingerprint density at radius 3 is 2.35 bits per heavy atom. The monoisotopic (exact) mass is 488 g/mol. The van der Waals surface area contributed by atoms with Gasteiger partial charge in [-0.2, -0.15) is 0 Å². The van der Waals surface area contributed by atoms with Crippen LogP contribution in [0.2, 0.25) is 0 Å². The van der Waals surface area contributed by atoms with E-state index in [2.05, 4.69) is 0 Å². The molecule has 1 N–H and O–H groups in total. The Labute approximate surface area is 210 Å². The van der Waals surface area contributed by atoms with Gasteiger partial charge in [-0.25, -0.2) is 14.6 Å². The molecule has 0 fully saturated rings. The van der Waals surface area contributed by atoms with Gasteiger partial charge in [-0.3, -0.25) is 0 Å². The van der Waals surface area contributed by atoms with Gasteiger partial charge in [0.05, 0.1) is 12.7 Å². The van der Waals surface area contributed by atoms with Gasteiger partial charge < -0.3 is 18.8 Å². The third-order valence-corrected chi connectivity index (χ3v) is 6.39. The van der Waals surface area contributed by atoms with E-state index in [1.807, 2.05) is 59.3 Å². The van der Waals surface area contributed by atoms with Crippen molar-refractivity contribution in [3.05, 3.63) is 113 Å². The normalized spacial score (nSPS) is 11.2. The maximum atomic E-state index is 11.8. The number of fused-ring (bicyclic) bond motifs is 2. The lowest BCUT2D eigenvalue weighted by Gasteiger charge is -2.07. The van der Waals surface area contributed by atoms with E-state index in [9.17, 15) is 14.7 Å². The van der Waals surface area contributed by atoms with E-state index in [0.717, 1.165) is 50.1 Å². The van der Waals surface area contributed by atoms with Crippen molar-refractivity contribution in [1.82, 2.24) is 9.55 Å². The maximum Gasteiger partial charge on any atom is 0.336 e. The summed E-state index contributed by atoms with van der Waals surface area (Å²) in [4.78, 5) is 27.9. The van der Waals surface area contributed by atoms with Gasteiger partial charge in [0.1, 0.15) is 17.0 Å². The van der Waals surface area contributed by atoms with E-state index in [1.165, 1.54) is 6.07 Å². The fourth-order valence-corrected chi connectivity index (χ4v) is 4.47. The van der Waals surface area contributed by atoms with Crippen LogP contribution in [0, 0.1) is 0 Å². The van der Waals surface area contributed by atoms with Gasteiger partial charge in [0, 0.05) is 46.0 Å². The fourth-order valence-electron chi connectivity index (χ4n) is 4.47. The van der Waals surface area contributed by atoms with Crippen molar-refractivity contribution >= 4 is 28.0 Å². The summed E-state index contributed by atoms with van der Waals surface area (Å²) in [7, 11) is 1.63. The zero-order valence-corrected chi connectivity index (χ0v) is 19.7. The number of carbonyl (C=O) groups is 1. The van der Waals surface area contributed by atoms with Crippen LogP contribution >= 0.6 is 0 Å². The molecule has 37 heavy (non-hydrogen) atoms. The zero-order valence-electron chi connectivity index (χ0n) is 19.7. The largest absolute Gasteiger partial charge is 0.497 e. The average Bonchev–Trinajstić information content (AvgIpc) is 3.31. The van der Waals surface area contributed by atoms with Crippen LogP contribution in [0.1, 0.15) is 10.4 Å². The molecule has 0 saturated carbocycles. The molecule has 7 heteroatoms. The van der Waals surface area contributed by atoms with Crippen LogP contribution in [0.4, 0.5) is 0 Å². The van der Waals surface area contributed by atoms with Crippen LogP contribution in [0.25, 0.3) is 49.9 Å². The summed E-state index contributed by atoms with van der Waals surface area (Å²) in [6.07, 6.45) is 3.79. The lowest BCUT2D eigenvalue weighted by molar-refractivity contribution is 0.0697. The lowest BCUT2D eigenvalue weighted by atomic mass is 10.0. The van der Waals surface area contributed by atoms with E-state index in [-0.39, 0.29) is 5.56 Å². The fraction of sp³-hybridized carbons (Fsp3) is 0.0333. The number of methoxy groups -OCH3 is 1. The minimum absolute atomic E-state index is 0.224. The van der Waals surface area contributed by atoms with Crippen LogP contribution in [0.3, 0.4) is 0 Å². The first kappa shape index (κ1) is 22.3. The SMILES string of the molecule is COc1ccc(-n2cc(-c3ccc4ccc(=O)oc4c3)c3cc(-c4ccc(C(=O)O)cc4)cnc32)cc1. The molecule has 0 saturated heterocycles. The molecule has 0 aliphatic carbocycles. The predicted octanol–water partition coefficient (Wildman–Crippen LogP) is 6.17. The first-order valence-electron chi connectivity index (χ1n) is 11.5. The van der Waals surface area contributed by atoms with Crippen LogP contribution in [-0.4, -0.2) is 27.7 Å². The van der Waals surface area contributed by atoms with Crippen molar-refractivity contribution in [3.8, 4) is 33.7 Å². The van der Waals surface area contributed by atoms with Crippen molar-refractivity contribution < 1.29 is 19.1 Å². The summed E-state index contributed by atoms with van der Waals surface area (Å²) < 4.78 is 12.8. The van der Waals surface area contributed by atoms with Crippen LogP contribution in [-0.2, 0) is 0 Å². The Hall–Kier alpha value is -5.17. The highest BCUT2D eigenvalue weighted by Crippen LogP contribution is 2.35. The zero-order chi connectivity index (χ0) is 25.5. The van der Waals surface area contributed by atoms with E-state index >= 15 is 0 Å². The van der Waals surface area contributed by atoms with Crippen molar-refractivity contribution in [2.75, 3.05) is 7.11 Å². The number of ether oxygens (including phenoxy) is 1. The third-order valence-electron chi connectivity index (χ3n) is 6.39. The number of pyridine rings is 1. The summed E-state index contributed by atoms with van der Waals surface area (Å²) in [6.45, 7) is 0. The number of benzene rings is 3. The Morgan fingerprint density at radius 2 is 1.62 bits per heavy atom. The van der Waals surface area contributed by atoms with Gasteiger partial charge in [0.15, 0.2) is 0 Å². The lowest BCUT2D eigenvalue weighted by Crippen LogP contribution is -1.95. The highest BCUT2D eigenvalue weighted by atomic mass is 16.5. The Kier molecular flexibility index (Phi) is 5.31. The first-order chi connectivity index (χ1) is 18.0. The van der Waals surface area contributed by atoms with E-state index in [0.29, 0.717) is 5.58 Å². The topological polar surface area (TPSA) is 94.6 Å². The molecule has 0 unspecified atom stereocenters. The molecule has 0 aliphatic heterocycles. The van der Waals surface area contributed by atoms with Crippen LogP contribution < -0.4 is 10.4 Å². The quantitative estimate of drug-likeness (QED) is 0.292. The number of hydrogen-bond acceptors (Lipinski definition) is 5. The standard InChI is InChI=1S/C30H20N2O5/c1-36-24-11-9-23(10-12-24)32-17-26(21-7-4-19-8-13-28(33)37-27(19)15-21)25-14-22(16-31-29(25)32)18-2-5-20(6-3-18)30(34)35/h2-17H,1H3,(H,34,35). The number of rotatable bonds is 5. The molecule has 3 aromatic carbocycles. The van der Waals surface area contributed by atoms with Gasteiger partial charge in [0.25, 0.3) is 0 Å².